The summed E-state index contributed by atoms with van der Waals surface area (Å²) in [5.74, 6) is 1.23. The van der Waals surface area contributed by atoms with E-state index in [9.17, 15) is 5.11 Å². The minimum Gasteiger partial charge on any atom is -0.391 e. The molecule has 7 nitrogen and oxygen atoms in total. The van der Waals surface area contributed by atoms with E-state index < -0.39 is 0 Å². The Labute approximate surface area is 148 Å². The Kier molecular flexibility index (Phi) is 4.85. The smallest absolute Gasteiger partial charge is 0.165 e. The summed E-state index contributed by atoms with van der Waals surface area (Å²) >= 11 is 0. The van der Waals surface area contributed by atoms with Crippen LogP contribution >= 0.6 is 0 Å². The van der Waals surface area contributed by atoms with Gasteiger partial charge in [0.25, 0.3) is 0 Å². The third-order valence-corrected chi connectivity index (χ3v) is 5.91. The fraction of sp³-hybridized carbons (Fsp3) is 0.722. The van der Waals surface area contributed by atoms with Gasteiger partial charge in [0.15, 0.2) is 11.5 Å². The Bertz CT molecular complexity index is 711. The van der Waals surface area contributed by atoms with E-state index in [0.717, 1.165) is 37.5 Å². The van der Waals surface area contributed by atoms with Gasteiger partial charge >= 0.3 is 0 Å². The maximum absolute atomic E-state index is 10.7. The number of anilines is 1. The molecule has 0 bridgehead atoms. The van der Waals surface area contributed by atoms with E-state index in [2.05, 4.69) is 19.9 Å². The Morgan fingerprint density at radius 2 is 1.84 bits per heavy atom. The zero-order chi connectivity index (χ0) is 17.2. The molecule has 4 rings (SSSR count). The van der Waals surface area contributed by atoms with Crippen LogP contribution in [-0.4, -0.2) is 55.3 Å². The van der Waals surface area contributed by atoms with Crippen LogP contribution < -0.4 is 5.73 Å². The lowest BCUT2D eigenvalue weighted by molar-refractivity contribution is 0.108. The van der Waals surface area contributed by atoms with Gasteiger partial charge in [-0.05, 0) is 31.6 Å². The molecule has 1 aliphatic carbocycles. The highest BCUT2D eigenvalue weighted by Crippen LogP contribution is 2.29. The van der Waals surface area contributed by atoms with Gasteiger partial charge in [0.1, 0.15) is 11.8 Å². The van der Waals surface area contributed by atoms with Gasteiger partial charge in [0, 0.05) is 19.6 Å². The lowest BCUT2D eigenvalue weighted by Crippen LogP contribution is -2.31. The summed E-state index contributed by atoms with van der Waals surface area (Å²) in [5.41, 5.74) is 7.24. The average molecular weight is 344 g/mol. The first-order valence-electron chi connectivity index (χ1n) is 9.56. The zero-order valence-corrected chi connectivity index (χ0v) is 14.7. The van der Waals surface area contributed by atoms with Crippen molar-refractivity contribution in [2.45, 2.75) is 57.1 Å². The normalized spacial score (nSPS) is 26.8. The van der Waals surface area contributed by atoms with Gasteiger partial charge in [-0.1, -0.05) is 19.3 Å². The van der Waals surface area contributed by atoms with Gasteiger partial charge < -0.3 is 20.3 Å². The average Bonchev–Trinajstić information content (AvgIpc) is 2.97. The van der Waals surface area contributed by atoms with Crippen LogP contribution in [0.1, 0.15) is 51.0 Å². The minimum absolute atomic E-state index is 0.00402. The van der Waals surface area contributed by atoms with Crippen LogP contribution in [0.5, 0.6) is 0 Å². The molecular weight excluding hydrogens is 316 g/mol. The first-order chi connectivity index (χ1) is 12.2. The number of likely N-dealkylation sites (tertiary alicyclic amines) is 1. The van der Waals surface area contributed by atoms with Crippen molar-refractivity contribution in [3.8, 4) is 0 Å². The zero-order valence-electron chi connectivity index (χ0n) is 14.7. The molecular formula is C18H28N6O. The number of imidazole rings is 1. The van der Waals surface area contributed by atoms with E-state index in [4.69, 9.17) is 5.73 Å². The summed E-state index contributed by atoms with van der Waals surface area (Å²) in [6, 6.07) is -0.00402. The van der Waals surface area contributed by atoms with Crippen LogP contribution in [0.15, 0.2) is 12.7 Å². The molecule has 0 unspecified atom stereocenters. The third kappa shape index (κ3) is 3.48. The topological polar surface area (TPSA) is 93.1 Å². The fourth-order valence-electron chi connectivity index (χ4n) is 4.48. The molecule has 2 fully saturated rings. The van der Waals surface area contributed by atoms with E-state index >= 15 is 0 Å². The summed E-state index contributed by atoms with van der Waals surface area (Å²) < 4.78 is 1.99. The van der Waals surface area contributed by atoms with Crippen molar-refractivity contribution >= 4 is 17.0 Å². The summed E-state index contributed by atoms with van der Waals surface area (Å²) in [5, 5.41) is 10.7. The molecule has 1 aliphatic heterocycles. The van der Waals surface area contributed by atoms with E-state index in [1.165, 1.54) is 45.0 Å². The van der Waals surface area contributed by atoms with Gasteiger partial charge in [-0.3, -0.25) is 0 Å². The molecule has 1 saturated carbocycles. The van der Waals surface area contributed by atoms with Crippen LogP contribution in [0.3, 0.4) is 0 Å². The van der Waals surface area contributed by atoms with Crippen LogP contribution in [0.4, 0.5) is 5.82 Å². The molecule has 0 aromatic carbocycles. The molecule has 0 amide bonds. The van der Waals surface area contributed by atoms with Gasteiger partial charge in [-0.2, -0.15) is 0 Å². The van der Waals surface area contributed by atoms with Crippen LogP contribution in [0.25, 0.3) is 11.2 Å². The number of nitrogens with two attached hydrogens (primary N) is 1. The summed E-state index contributed by atoms with van der Waals surface area (Å²) in [4.78, 5) is 15.2. The van der Waals surface area contributed by atoms with Crippen molar-refractivity contribution in [3.05, 3.63) is 12.7 Å². The number of hydrogen-bond donors (Lipinski definition) is 2. The van der Waals surface area contributed by atoms with Crippen LogP contribution in [0, 0.1) is 5.92 Å². The molecule has 25 heavy (non-hydrogen) atoms. The van der Waals surface area contributed by atoms with Crippen molar-refractivity contribution in [2.24, 2.45) is 5.92 Å². The predicted molar refractivity (Wildman–Crippen MR) is 97.0 cm³/mol. The number of aliphatic hydroxyl groups is 1. The quantitative estimate of drug-likeness (QED) is 0.884. The third-order valence-electron chi connectivity index (χ3n) is 5.91. The van der Waals surface area contributed by atoms with Gasteiger partial charge in [-0.15, -0.1) is 0 Å². The highest BCUT2D eigenvalue weighted by atomic mass is 16.3. The lowest BCUT2D eigenvalue weighted by atomic mass is 9.89. The van der Waals surface area contributed by atoms with Crippen molar-refractivity contribution in [3.63, 3.8) is 0 Å². The molecule has 2 aliphatic rings. The fourth-order valence-corrected chi connectivity index (χ4v) is 4.48. The predicted octanol–water partition coefficient (Wildman–Crippen LogP) is 1.99. The van der Waals surface area contributed by atoms with Crippen molar-refractivity contribution in [1.82, 2.24) is 24.4 Å². The lowest BCUT2D eigenvalue weighted by Gasteiger charge is -2.28. The molecule has 0 radical (unpaired) electrons. The Morgan fingerprint density at radius 3 is 2.68 bits per heavy atom. The molecule has 3 N–H and O–H groups in total. The number of rotatable bonds is 3. The standard InChI is InChI=1S/C18H28N6O/c19-17-16-18(21-11-20-17)24(12-22-16)14-6-8-23(9-7-15(14)25)10-13-4-2-1-3-5-13/h11-15,25H,1-10H2,(H2,19,20,21)/t14-,15-/m0/s1. The summed E-state index contributed by atoms with van der Waals surface area (Å²) in [6.07, 6.45) is 11.4. The maximum Gasteiger partial charge on any atom is 0.165 e. The van der Waals surface area contributed by atoms with Crippen LogP contribution in [0.2, 0.25) is 0 Å². The van der Waals surface area contributed by atoms with Crippen LogP contribution in [-0.2, 0) is 0 Å². The summed E-state index contributed by atoms with van der Waals surface area (Å²) in [6.45, 7) is 3.16. The highest BCUT2D eigenvalue weighted by molar-refractivity contribution is 5.81. The van der Waals surface area contributed by atoms with Crippen molar-refractivity contribution in [1.29, 1.82) is 0 Å². The first-order valence-corrected chi connectivity index (χ1v) is 9.56. The number of aliphatic hydroxyl groups excluding tert-OH is 1. The first kappa shape index (κ1) is 16.7. The number of aromatic nitrogens is 4. The largest absolute Gasteiger partial charge is 0.391 e. The van der Waals surface area contributed by atoms with E-state index in [0.29, 0.717) is 11.3 Å². The molecule has 7 heteroatoms. The second-order valence-electron chi connectivity index (χ2n) is 7.60. The second-order valence-corrected chi connectivity index (χ2v) is 7.60. The molecule has 2 aromatic heterocycles. The Morgan fingerprint density at radius 1 is 1.04 bits per heavy atom. The number of fused-ring (bicyclic) bond motifs is 1. The minimum atomic E-state index is -0.384. The van der Waals surface area contributed by atoms with Crippen molar-refractivity contribution in [2.75, 3.05) is 25.4 Å². The van der Waals surface area contributed by atoms with E-state index in [1.54, 1.807) is 6.33 Å². The maximum atomic E-state index is 10.7. The Balaban J connectivity index is 1.48. The molecule has 2 atom stereocenters. The molecule has 0 spiro atoms. The van der Waals surface area contributed by atoms with Crippen molar-refractivity contribution < 1.29 is 5.11 Å². The summed E-state index contributed by atoms with van der Waals surface area (Å²) in [7, 11) is 0. The molecule has 2 aromatic rings. The molecule has 3 heterocycles. The van der Waals surface area contributed by atoms with Gasteiger partial charge in [0.05, 0.1) is 18.5 Å². The van der Waals surface area contributed by atoms with E-state index in [1.807, 2.05) is 4.57 Å². The van der Waals surface area contributed by atoms with Gasteiger partial charge in [0.2, 0.25) is 0 Å². The second kappa shape index (κ2) is 7.25. The van der Waals surface area contributed by atoms with E-state index in [-0.39, 0.29) is 12.1 Å². The highest BCUT2D eigenvalue weighted by Gasteiger charge is 2.29. The SMILES string of the molecule is Nc1ncnc2c1ncn2[C@H]1CCN(CC2CCCCC2)CC[C@@H]1O. The molecule has 1 saturated heterocycles. The number of nitrogen functional groups attached to an aromatic ring is 1. The number of nitrogens with zero attached hydrogens (tertiary/aromatic N) is 5. The number of hydrogen-bond acceptors (Lipinski definition) is 6. The van der Waals surface area contributed by atoms with Gasteiger partial charge in [-0.25, -0.2) is 15.0 Å². The Hall–Kier alpha value is -1.73. The monoisotopic (exact) mass is 344 g/mol. The molecule has 136 valence electrons.